The first-order chi connectivity index (χ1) is 11.1. The smallest absolute Gasteiger partial charge is 0.323 e. The highest BCUT2D eigenvalue weighted by atomic mass is 16.1. The summed E-state index contributed by atoms with van der Waals surface area (Å²) in [6.07, 6.45) is 6.55. The fourth-order valence-corrected chi connectivity index (χ4v) is 2.31. The molecule has 0 fully saturated rings. The summed E-state index contributed by atoms with van der Waals surface area (Å²) < 4.78 is 0. The van der Waals surface area contributed by atoms with Crippen molar-refractivity contribution in [3.8, 4) is 0 Å². The molecular weight excluding hydrogens is 292 g/mol. The third kappa shape index (κ3) is 3.55. The number of aromatic nitrogens is 3. The molecule has 3 aromatic rings. The summed E-state index contributed by atoms with van der Waals surface area (Å²) in [6.45, 7) is 1.89. The summed E-state index contributed by atoms with van der Waals surface area (Å²) in [7, 11) is 0. The van der Waals surface area contributed by atoms with Gasteiger partial charge in [-0.3, -0.25) is 9.78 Å². The summed E-state index contributed by atoms with van der Waals surface area (Å²) >= 11 is 0. The Bertz CT molecular complexity index is 909. The first kappa shape index (κ1) is 14.8. The second-order valence-corrected chi connectivity index (χ2v) is 5.23. The molecule has 3 N–H and O–H groups in total. The van der Waals surface area contributed by atoms with Crippen LogP contribution >= 0.6 is 0 Å². The van der Waals surface area contributed by atoms with Crippen LogP contribution in [0.5, 0.6) is 0 Å². The molecule has 0 saturated heterocycles. The highest BCUT2D eigenvalue weighted by molar-refractivity contribution is 5.92. The fraction of sp³-hybridized carbons (Fsp3) is 0.118. The zero-order chi connectivity index (χ0) is 16.2. The van der Waals surface area contributed by atoms with Crippen molar-refractivity contribution in [2.75, 3.05) is 0 Å². The van der Waals surface area contributed by atoms with Gasteiger partial charge in [-0.1, -0.05) is 12.1 Å². The molecule has 1 aromatic carbocycles. The fourth-order valence-electron chi connectivity index (χ4n) is 2.31. The van der Waals surface area contributed by atoms with Gasteiger partial charge < -0.3 is 15.3 Å². The number of aromatic amines is 2. The van der Waals surface area contributed by atoms with E-state index in [0.29, 0.717) is 0 Å². The number of imidazole rings is 1. The molecule has 0 radical (unpaired) electrons. The van der Waals surface area contributed by atoms with Gasteiger partial charge in [0, 0.05) is 18.5 Å². The van der Waals surface area contributed by atoms with E-state index in [1.54, 1.807) is 18.5 Å². The molecule has 0 saturated carbocycles. The summed E-state index contributed by atoms with van der Waals surface area (Å²) in [5.74, 6) is -0.191. The Morgan fingerprint density at radius 2 is 2.09 bits per heavy atom. The Kier molecular flexibility index (Phi) is 4.05. The summed E-state index contributed by atoms with van der Waals surface area (Å²) in [6, 6.07) is 9.05. The Morgan fingerprint density at radius 1 is 1.26 bits per heavy atom. The molecule has 1 atom stereocenters. The maximum Gasteiger partial charge on any atom is 0.323 e. The number of fused-ring (bicyclic) bond motifs is 1. The lowest BCUT2D eigenvalue weighted by atomic mass is 10.1. The minimum Gasteiger partial charge on any atom is -0.346 e. The van der Waals surface area contributed by atoms with Gasteiger partial charge in [0.1, 0.15) is 0 Å². The monoisotopic (exact) mass is 308 g/mol. The first-order valence-corrected chi connectivity index (χ1v) is 7.22. The number of nitrogens with zero attached hydrogens (tertiary/aromatic N) is 1. The van der Waals surface area contributed by atoms with Crippen LogP contribution in [0.25, 0.3) is 17.1 Å². The topological polar surface area (TPSA) is 90.6 Å². The Labute approximate surface area is 132 Å². The Hall–Kier alpha value is -3.15. The van der Waals surface area contributed by atoms with E-state index in [0.717, 1.165) is 22.2 Å². The van der Waals surface area contributed by atoms with E-state index in [-0.39, 0.29) is 17.6 Å². The number of hydrogen-bond acceptors (Lipinski definition) is 3. The minimum atomic E-state index is -0.242. The van der Waals surface area contributed by atoms with Crippen molar-refractivity contribution in [1.82, 2.24) is 20.3 Å². The lowest BCUT2D eigenvalue weighted by Gasteiger charge is -2.12. The first-order valence-electron chi connectivity index (χ1n) is 7.22. The minimum absolute atomic E-state index is 0.177. The zero-order valence-electron chi connectivity index (χ0n) is 12.5. The molecule has 2 aromatic heterocycles. The van der Waals surface area contributed by atoms with Gasteiger partial charge in [-0.2, -0.15) is 0 Å². The van der Waals surface area contributed by atoms with Crippen LogP contribution < -0.4 is 11.0 Å². The molecule has 1 amide bonds. The predicted molar refractivity (Wildman–Crippen MR) is 88.7 cm³/mol. The highest BCUT2D eigenvalue weighted by Crippen LogP contribution is 2.17. The number of pyridine rings is 1. The number of rotatable bonds is 4. The normalized spacial score (nSPS) is 12.6. The van der Waals surface area contributed by atoms with Gasteiger partial charge in [-0.25, -0.2) is 4.79 Å². The molecule has 0 aliphatic carbocycles. The summed E-state index contributed by atoms with van der Waals surface area (Å²) in [5, 5.41) is 2.89. The van der Waals surface area contributed by atoms with Crippen LogP contribution in [0.3, 0.4) is 0 Å². The van der Waals surface area contributed by atoms with Gasteiger partial charge >= 0.3 is 5.69 Å². The molecule has 6 heteroatoms. The molecule has 6 nitrogen and oxygen atoms in total. The van der Waals surface area contributed by atoms with Crippen molar-refractivity contribution in [3.63, 3.8) is 0 Å². The maximum atomic E-state index is 12.0. The molecule has 0 spiro atoms. The predicted octanol–water partition coefficient (Wildman–Crippen LogP) is 2.14. The van der Waals surface area contributed by atoms with Crippen molar-refractivity contribution in [2.45, 2.75) is 13.0 Å². The Morgan fingerprint density at radius 3 is 2.87 bits per heavy atom. The lowest BCUT2D eigenvalue weighted by molar-refractivity contribution is -0.117. The number of nitrogens with one attached hydrogen (secondary N) is 3. The number of H-pyrrole nitrogens is 2. The zero-order valence-corrected chi connectivity index (χ0v) is 12.5. The molecule has 116 valence electrons. The van der Waals surface area contributed by atoms with Crippen molar-refractivity contribution < 1.29 is 4.79 Å². The van der Waals surface area contributed by atoms with Gasteiger partial charge in [0.2, 0.25) is 5.91 Å². The molecule has 0 bridgehead atoms. The van der Waals surface area contributed by atoms with Crippen LogP contribution in [0.15, 0.2) is 53.6 Å². The Balaban J connectivity index is 1.69. The van der Waals surface area contributed by atoms with Crippen molar-refractivity contribution in [2.24, 2.45) is 0 Å². The average Bonchev–Trinajstić information content (AvgIpc) is 2.93. The van der Waals surface area contributed by atoms with Crippen molar-refractivity contribution in [3.05, 3.63) is 70.4 Å². The molecular formula is C17H16N4O2. The third-order valence-corrected chi connectivity index (χ3v) is 3.51. The summed E-state index contributed by atoms with van der Waals surface area (Å²) in [5.41, 5.74) is 3.00. The quantitative estimate of drug-likeness (QED) is 0.645. The molecule has 0 aliphatic rings. The number of benzene rings is 1. The van der Waals surface area contributed by atoms with Crippen LogP contribution in [0.1, 0.15) is 24.1 Å². The van der Waals surface area contributed by atoms with Crippen LogP contribution in [0.4, 0.5) is 0 Å². The molecule has 23 heavy (non-hydrogen) atoms. The van der Waals surface area contributed by atoms with Crippen molar-refractivity contribution >= 4 is 23.0 Å². The van der Waals surface area contributed by atoms with E-state index >= 15 is 0 Å². The van der Waals surface area contributed by atoms with Crippen LogP contribution in [0.2, 0.25) is 0 Å². The lowest BCUT2D eigenvalue weighted by Crippen LogP contribution is -2.24. The second kappa shape index (κ2) is 6.31. The average molecular weight is 308 g/mol. The van der Waals surface area contributed by atoms with E-state index in [1.165, 1.54) is 6.08 Å². The maximum absolute atomic E-state index is 12.0. The molecule has 3 rings (SSSR count). The number of carbonyl (C=O) groups is 1. The largest absolute Gasteiger partial charge is 0.346 e. The van der Waals surface area contributed by atoms with Gasteiger partial charge in [-0.05, 0) is 42.3 Å². The van der Waals surface area contributed by atoms with E-state index in [2.05, 4.69) is 20.3 Å². The molecule has 0 unspecified atom stereocenters. The SMILES string of the molecule is C[C@@H](NC(=O)/C=C/c1cccnc1)c1ccc2[nH]c(=O)[nH]c2c1. The van der Waals surface area contributed by atoms with Gasteiger partial charge in [0.25, 0.3) is 0 Å². The van der Waals surface area contributed by atoms with E-state index in [1.807, 2.05) is 37.3 Å². The number of carbonyl (C=O) groups excluding carboxylic acids is 1. The van der Waals surface area contributed by atoms with Crippen LogP contribution in [0, 0.1) is 0 Å². The van der Waals surface area contributed by atoms with Crippen LogP contribution in [-0.4, -0.2) is 20.9 Å². The second-order valence-electron chi connectivity index (χ2n) is 5.23. The van der Waals surface area contributed by atoms with E-state index in [9.17, 15) is 9.59 Å². The number of hydrogen-bond donors (Lipinski definition) is 3. The van der Waals surface area contributed by atoms with Crippen LogP contribution in [-0.2, 0) is 4.79 Å². The van der Waals surface area contributed by atoms with E-state index < -0.39 is 0 Å². The highest BCUT2D eigenvalue weighted by Gasteiger charge is 2.09. The van der Waals surface area contributed by atoms with E-state index in [4.69, 9.17) is 0 Å². The number of amides is 1. The summed E-state index contributed by atoms with van der Waals surface area (Å²) in [4.78, 5) is 32.6. The van der Waals surface area contributed by atoms with Crippen molar-refractivity contribution in [1.29, 1.82) is 0 Å². The van der Waals surface area contributed by atoms with Gasteiger partial charge in [0.05, 0.1) is 17.1 Å². The standard InChI is InChI=1S/C17H16N4O2/c1-11(13-5-6-14-15(9-13)21-17(23)20-14)19-16(22)7-4-12-3-2-8-18-10-12/h2-11H,1H3,(H,19,22)(H2,20,21,23)/b7-4+/t11-/m1/s1. The molecule has 0 aliphatic heterocycles. The molecule has 2 heterocycles. The van der Waals surface area contributed by atoms with Gasteiger partial charge in [-0.15, -0.1) is 0 Å². The third-order valence-electron chi connectivity index (χ3n) is 3.51. The van der Waals surface area contributed by atoms with Gasteiger partial charge in [0.15, 0.2) is 0 Å².